The molecular weight excluding hydrogens is 378 g/mol. The minimum absolute atomic E-state index is 0.148. The van der Waals surface area contributed by atoms with Crippen LogP contribution in [0.1, 0.15) is 31.9 Å². The van der Waals surface area contributed by atoms with E-state index in [1.807, 2.05) is 54.6 Å². The second kappa shape index (κ2) is 8.61. The third kappa shape index (κ3) is 4.44. The smallest absolute Gasteiger partial charge is 0.128 e. The average Bonchev–Trinajstić information content (AvgIpc) is 2.78. The van der Waals surface area contributed by atoms with Crippen LogP contribution in [0.5, 0.6) is 5.75 Å². The van der Waals surface area contributed by atoms with Gasteiger partial charge in [-0.1, -0.05) is 112 Å². The Balaban J connectivity index is 1.88. The van der Waals surface area contributed by atoms with Crippen LogP contribution >= 0.6 is 0 Å². The van der Waals surface area contributed by atoms with E-state index >= 15 is 0 Å². The van der Waals surface area contributed by atoms with Crippen LogP contribution in [0.4, 0.5) is 5.69 Å². The van der Waals surface area contributed by atoms with Crippen molar-refractivity contribution in [2.45, 2.75) is 26.2 Å². The molecule has 4 aromatic rings. The van der Waals surface area contributed by atoms with Crippen molar-refractivity contribution >= 4 is 11.9 Å². The SMILES string of the molecule is CC(C)(C)c1cccc(C=Nc2c(-c3ccccc3)cccc2-c2ccccc2)c1O. The Morgan fingerprint density at radius 2 is 1.16 bits per heavy atom. The van der Waals surface area contributed by atoms with Crippen LogP contribution in [-0.2, 0) is 5.41 Å². The minimum atomic E-state index is -0.148. The van der Waals surface area contributed by atoms with Crippen molar-refractivity contribution in [2.75, 3.05) is 0 Å². The fourth-order valence-corrected chi connectivity index (χ4v) is 3.79. The van der Waals surface area contributed by atoms with E-state index in [0.717, 1.165) is 33.5 Å². The number of rotatable bonds is 4. The molecule has 0 aliphatic heterocycles. The lowest BCUT2D eigenvalue weighted by Gasteiger charge is -2.21. The number of phenolic OH excluding ortho intramolecular Hbond substituents is 1. The number of aromatic hydroxyl groups is 1. The molecule has 4 aromatic carbocycles. The molecule has 0 atom stereocenters. The highest BCUT2D eigenvalue weighted by Gasteiger charge is 2.19. The van der Waals surface area contributed by atoms with Gasteiger partial charge in [-0.2, -0.15) is 0 Å². The third-order valence-electron chi connectivity index (χ3n) is 5.41. The molecule has 0 saturated heterocycles. The van der Waals surface area contributed by atoms with Crippen LogP contribution in [-0.4, -0.2) is 11.3 Å². The molecule has 0 fully saturated rings. The molecule has 0 radical (unpaired) electrons. The van der Waals surface area contributed by atoms with E-state index in [2.05, 4.69) is 63.2 Å². The molecule has 0 aliphatic rings. The summed E-state index contributed by atoms with van der Waals surface area (Å²) in [5.74, 6) is 0.289. The summed E-state index contributed by atoms with van der Waals surface area (Å²) in [4.78, 5) is 4.93. The Kier molecular flexibility index (Phi) is 5.73. The molecule has 0 aromatic heterocycles. The Bertz CT molecular complexity index is 1140. The number of benzene rings is 4. The van der Waals surface area contributed by atoms with E-state index in [-0.39, 0.29) is 11.2 Å². The standard InChI is InChI=1S/C29H27NO/c1-29(2,3)26-19-10-16-23(28(26)31)20-30-27-24(21-12-6-4-7-13-21)17-11-18-25(27)22-14-8-5-9-15-22/h4-20,31H,1-3H3. The van der Waals surface area contributed by atoms with Crippen molar-refractivity contribution in [1.82, 2.24) is 0 Å². The lowest BCUT2D eigenvalue weighted by molar-refractivity contribution is 0.446. The molecule has 0 unspecified atom stereocenters. The predicted molar refractivity (Wildman–Crippen MR) is 131 cm³/mol. The van der Waals surface area contributed by atoms with Gasteiger partial charge in [0.25, 0.3) is 0 Å². The van der Waals surface area contributed by atoms with Gasteiger partial charge in [-0.05, 0) is 28.2 Å². The number of hydrogen-bond donors (Lipinski definition) is 1. The first-order chi connectivity index (χ1) is 14.9. The van der Waals surface area contributed by atoms with Crippen LogP contribution in [0.25, 0.3) is 22.3 Å². The van der Waals surface area contributed by atoms with Gasteiger partial charge in [0.1, 0.15) is 5.75 Å². The van der Waals surface area contributed by atoms with Gasteiger partial charge in [0.05, 0.1) is 5.69 Å². The summed E-state index contributed by atoms with van der Waals surface area (Å²) < 4.78 is 0. The summed E-state index contributed by atoms with van der Waals surface area (Å²) in [5, 5.41) is 10.9. The van der Waals surface area contributed by atoms with E-state index in [9.17, 15) is 5.11 Å². The van der Waals surface area contributed by atoms with Crippen molar-refractivity contribution in [1.29, 1.82) is 0 Å². The van der Waals surface area contributed by atoms with E-state index in [1.165, 1.54) is 0 Å². The molecular formula is C29H27NO. The highest BCUT2D eigenvalue weighted by atomic mass is 16.3. The normalized spacial score (nSPS) is 11.7. The first kappa shape index (κ1) is 20.6. The molecule has 1 N–H and O–H groups in total. The van der Waals surface area contributed by atoms with E-state index < -0.39 is 0 Å². The Hall–Kier alpha value is -3.65. The number of phenols is 1. The fraction of sp³-hybridized carbons (Fsp3) is 0.138. The summed E-state index contributed by atoms with van der Waals surface area (Å²) >= 11 is 0. The molecule has 0 spiro atoms. The molecule has 2 heteroatoms. The molecule has 2 nitrogen and oxygen atoms in total. The van der Waals surface area contributed by atoms with Gasteiger partial charge in [-0.15, -0.1) is 0 Å². The quantitative estimate of drug-likeness (QED) is 0.346. The zero-order chi connectivity index (χ0) is 21.8. The maximum Gasteiger partial charge on any atom is 0.128 e. The lowest BCUT2D eigenvalue weighted by atomic mass is 9.85. The summed E-state index contributed by atoms with van der Waals surface area (Å²) in [6.45, 7) is 6.30. The maximum absolute atomic E-state index is 10.9. The van der Waals surface area contributed by atoms with Crippen molar-refractivity contribution < 1.29 is 5.11 Å². The molecule has 0 aliphatic carbocycles. The molecule has 4 rings (SSSR count). The van der Waals surface area contributed by atoms with Gasteiger partial charge in [0.2, 0.25) is 0 Å². The Labute approximate surface area is 184 Å². The first-order valence-corrected chi connectivity index (χ1v) is 10.6. The zero-order valence-corrected chi connectivity index (χ0v) is 18.2. The van der Waals surface area contributed by atoms with Crippen LogP contribution < -0.4 is 0 Å². The third-order valence-corrected chi connectivity index (χ3v) is 5.41. The topological polar surface area (TPSA) is 32.6 Å². The second-order valence-electron chi connectivity index (χ2n) is 8.69. The molecule has 154 valence electrons. The van der Waals surface area contributed by atoms with Crippen LogP contribution in [0.2, 0.25) is 0 Å². The highest BCUT2D eigenvalue weighted by molar-refractivity contribution is 5.94. The van der Waals surface area contributed by atoms with Crippen molar-refractivity contribution in [3.63, 3.8) is 0 Å². The molecule has 0 heterocycles. The molecule has 0 bridgehead atoms. The van der Waals surface area contributed by atoms with Gasteiger partial charge in [0.15, 0.2) is 0 Å². The van der Waals surface area contributed by atoms with Gasteiger partial charge in [0, 0.05) is 22.9 Å². The van der Waals surface area contributed by atoms with Crippen molar-refractivity contribution in [2.24, 2.45) is 4.99 Å². The summed E-state index contributed by atoms with van der Waals surface area (Å²) in [5.41, 5.74) is 6.71. The van der Waals surface area contributed by atoms with Crippen LogP contribution in [0, 0.1) is 0 Å². The van der Waals surface area contributed by atoms with Gasteiger partial charge in [-0.3, -0.25) is 4.99 Å². The van der Waals surface area contributed by atoms with Gasteiger partial charge < -0.3 is 5.11 Å². The predicted octanol–water partition coefficient (Wildman–Crippen LogP) is 7.77. The van der Waals surface area contributed by atoms with E-state index in [0.29, 0.717) is 5.56 Å². The summed E-state index contributed by atoms with van der Waals surface area (Å²) in [7, 11) is 0. The first-order valence-electron chi connectivity index (χ1n) is 10.6. The van der Waals surface area contributed by atoms with Crippen LogP contribution in [0.3, 0.4) is 0 Å². The van der Waals surface area contributed by atoms with Crippen LogP contribution in [0.15, 0.2) is 102 Å². The largest absolute Gasteiger partial charge is 0.507 e. The van der Waals surface area contributed by atoms with Crippen molar-refractivity contribution in [3.8, 4) is 28.0 Å². The lowest BCUT2D eigenvalue weighted by Crippen LogP contribution is -2.11. The minimum Gasteiger partial charge on any atom is -0.507 e. The maximum atomic E-state index is 10.9. The summed E-state index contributed by atoms with van der Waals surface area (Å²) in [6, 6.07) is 32.7. The second-order valence-corrected chi connectivity index (χ2v) is 8.69. The Morgan fingerprint density at radius 1 is 0.645 bits per heavy atom. The van der Waals surface area contributed by atoms with E-state index in [1.54, 1.807) is 6.21 Å². The zero-order valence-electron chi connectivity index (χ0n) is 18.2. The van der Waals surface area contributed by atoms with E-state index in [4.69, 9.17) is 4.99 Å². The number of aliphatic imine (C=N–C) groups is 1. The molecule has 31 heavy (non-hydrogen) atoms. The van der Waals surface area contributed by atoms with Gasteiger partial charge >= 0.3 is 0 Å². The number of para-hydroxylation sites is 2. The highest BCUT2D eigenvalue weighted by Crippen LogP contribution is 2.39. The average molecular weight is 406 g/mol. The number of nitrogens with zero attached hydrogens (tertiary/aromatic N) is 1. The molecule has 0 amide bonds. The van der Waals surface area contributed by atoms with Gasteiger partial charge in [-0.25, -0.2) is 0 Å². The Morgan fingerprint density at radius 3 is 1.68 bits per heavy atom. The summed E-state index contributed by atoms with van der Waals surface area (Å²) in [6.07, 6.45) is 1.78. The number of hydrogen-bond acceptors (Lipinski definition) is 2. The monoisotopic (exact) mass is 405 g/mol. The fourth-order valence-electron chi connectivity index (χ4n) is 3.79. The van der Waals surface area contributed by atoms with Crippen molar-refractivity contribution in [3.05, 3.63) is 108 Å². The molecule has 0 saturated carbocycles.